The van der Waals surface area contributed by atoms with E-state index in [1.165, 1.54) is 0 Å². The summed E-state index contributed by atoms with van der Waals surface area (Å²) in [6.45, 7) is -0.126. The maximum atomic E-state index is 8.76. The van der Waals surface area contributed by atoms with Crippen molar-refractivity contribution >= 4 is 21.6 Å². The molecule has 2 aromatic heterocycles. The molecule has 2 aromatic rings. The fourth-order valence-corrected chi connectivity index (χ4v) is 1.29. The lowest BCUT2D eigenvalue weighted by Crippen LogP contribution is -1.87. The van der Waals surface area contributed by atoms with Crippen LogP contribution in [0.15, 0.2) is 22.8 Å². The molecule has 0 bridgehead atoms. The molecule has 4 nitrogen and oxygen atoms in total. The fraction of sp³-hybridized carbons (Fsp3) is 0.143. The quantitative estimate of drug-likeness (QED) is 0.791. The molecule has 2 heterocycles. The van der Waals surface area contributed by atoms with Crippen LogP contribution in [-0.2, 0) is 6.61 Å². The van der Waals surface area contributed by atoms with Gasteiger partial charge >= 0.3 is 0 Å². The van der Waals surface area contributed by atoms with E-state index in [1.807, 2.05) is 12.1 Å². The van der Waals surface area contributed by atoms with Crippen molar-refractivity contribution in [2.24, 2.45) is 0 Å². The van der Waals surface area contributed by atoms with Crippen molar-refractivity contribution in [1.29, 1.82) is 0 Å². The Labute approximate surface area is 77.0 Å². The van der Waals surface area contributed by atoms with Gasteiger partial charge in [-0.1, -0.05) is 15.9 Å². The van der Waals surface area contributed by atoms with Gasteiger partial charge in [0.25, 0.3) is 0 Å². The number of hydrogen-bond donors (Lipinski definition) is 1. The van der Waals surface area contributed by atoms with Gasteiger partial charge in [0.15, 0.2) is 11.5 Å². The Balaban J connectivity index is 2.67. The Bertz CT molecular complexity index is 412. The van der Waals surface area contributed by atoms with Gasteiger partial charge in [0, 0.05) is 10.7 Å². The summed E-state index contributed by atoms with van der Waals surface area (Å²) in [5.41, 5.74) is 0.730. The molecule has 0 saturated carbocycles. The molecule has 62 valence electrons. The van der Waals surface area contributed by atoms with Crippen LogP contribution < -0.4 is 0 Å². The van der Waals surface area contributed by atoms with E-state index in [9.17, 15) is 0 Å². The molecule has 12 heavy (non-hydrogen) atoms. The molecule has 1 N–H and O–H groups in total. The molecule has 0 fully saturated rings. The minimum atomic E-state index is -0.126. The van der Waals surface area contributed by atoms with Crippen molar-refractivity contribution in [3.8, 4) is 0 Å². The minimum Gasteiger partial charge on any atom is -0.388 e. The SMILES string of the molecule is OCc1nc2cc(Br)ccn2n1. The standard InChI is InChI=1S/C7H6BrN3O/c8-5-1-2-11-7(3-5)9-6(4-12)10-11/h1-3,12H,4H2. The van der Waals surface area contributed by atoms with Gasteiger partial charge in [-0.15, -0.1) is 5.10 Å². The maximum absolute atomic E-state index is 8.76. The van der Waals surface area contributed by atoms with Crippen LogP contribution in [0.4, 0.5) is 0 Å². The lowest BCUT2D eigenvalue weighted by atomic mass is 10.5. The average molecular weight is 228 g/mol. The number of rotatable bonds is 1. The first-order chi connectivity index (χ1) is 5.79. The monoisotopic (exact) mass is 227 g/mol. The third kappa shape index (κ3) is 1.21. The molecule has 0 radical (unpaired) electrons. The Kier molecular flexibility index (Phi) is 1.82. The van der Waals surface area contributed by atoms with Gasteiger partial charge < -0.3 is 5.11 Å². The van der Waals surface area contributed by atoms with Crippen molar-refractivity contribution in [1.82, 2.24) is 14.6 Å². The van der Waals surface area contributed by atoms with Crippen LogP contribution in [0, 0.1) is 0 Å². The van der Waals surface area contributed by atoms with Gasteiger partial charge in [-0.25, -0.2) is 9.50 Å². The van der Waals surface area contributed by atoms with Crippen LogP contribution in [0.1, 0.15) is 5.82 Å². The highest BCUT2D eigenvalue weighted by Gasteiger charge is 2.00. The normalized spacial score (nSPS) is 10.8. The van der Waals surface area contributed by atoms with Crippen molar-refractivity contribution in [3.05, 3.63) is 28.6 Å². The van der Waals surface area contributed by atoms with Crippen LogP contribution in [0.5, 0.6) is 0 Å². The zero-order valence-corrected chi connectivity index (χ0v) is 7.69. The highest BCUT2D eigenvalue weighted by Crippen LogP contribution is 2.11. The van der Waals surface area contributed by atoms with E-state index in [1.54, 1.807) is 10.7 Å². The third-order valence-electron chi connectivity index (χ3n) is 1.48. The van der Waals surface area contributed by atoms with Crippen molar-refractivity contribution < 1.29 is 5.11 Å². The predicted octanol–water partition coefficient (Wildman–Crippen LogP) is 0.984. The lowest BCUT2D eigenvalue weighted by Gasteiger charge is -1.89. The molecule has 0 unspecified atom stereocenters. The van der Waals surface area contributed by atoms with Crippen LogP contribution in [0.2, 0.25) is 0 Å². The molecule has 0 spiro atoms. The summed E-state index contributed by atoms with van der Waals surface area (Å²) >= 11 is 3.32. The van der Waals surface area contributed by atoms with E-state index < -0.39 is 0 Å². The zero-order chi connectivity index (χ0) is 8.55. The molecule has 0 saturated heterocycles. The van der Waals surface area contributed by atoms with E-state index in [0.717, 1.165) is 10.1 Å². The van der Waals surface area contributed by atoms with Crippen molar-refractivity contribution in [3.63, 3.8) is 0 Å². The maximum Gasteiger partial charge on any atom is 0.177 e. The number of aliphatic hydroxyl groups is 1. The number of pyridine rings is 1. The van der Waals surface area contributed by atoms with Gasteiger partial charge in [-0.2, -0.15) is 0 Å². The van der Waals surface area contributed by atoms with Crippen LogP contribution in [-0.4, -0.2) is 19.7 Å². The topological polar surface area (TPSA) is 50.4 Å². The average Bonchev–Trinajstić information content (AvgIpc) is 2.46. The molecule has 0 aromatic carbocycles. The second kappa shape index (κ2) is 2.84. The zero-order valence-electron chi connectivity index (χ0n) is 6.11. The van der Waals surface area contributed by atoms with E-state index in [-0.39, 0.29) is 6.61 Å². The van der Waals surface area contributed by atoms with Gasteiger partial charge in [-0.05, 0) is 12.1 Å². The highest BCUT2D eigenvalue weighted by molar-refractivity contribution is 9.10. The molecular formula is C7H6BrN3O. The second-order valence-corrected chi connectivity index (χ2v) is 3.25. The van der Waals surface area contributed by atoms with Gasteiger partial charge in [-0.3, -0.25) is 0 Å². The van der Waals surface area contributed by atoms with Crippen LogP contribution in [0.25, 0.3) is 5.65 Å². The van der Waals surface area contributed by atoms with E-state index in [0.29, 0.717) is 5.82 Å². The smallest absolute Gasteiger partial charge is 0.177 e. The minimum absolute atomic E-state index is 0.126. The Hall–Kier alpha value is -0.940. The van der Waals surface area contributed by atoms with Crippen molar-refractivity contribution in [2.75, 3.05) is 0 Å². The molecule has 0 aliphatic rings. The van der Waals surface area contributed by atoms with Crippen molar-refractivity contribution in [2.45, 2.75) is 6.61 Å². The summed E-state index contributed by atoms with van der Waals surface area (Å²) in [4.78, 5) is 4.06. The molecule has 0 amide bonds. The van der Waals surface area contributed by atoms with E-state index in [2.05, 4.69) is 26.0 Å². The first-order valence-corrected chi connectivity index (χ1v) is 4.20. The first-order valence-electron chi connectivity index (χ1n) is 3.41. The predicted molar refractivity (Wildman–Crippen MR) is 46.6 cm³/mol. The fourth-order valence-electron chi connectivity index (χ4n) is 0.970. The second-order valence-electron chi connectivity index (χ2n) is 2.33. The van der Waals surface area contributed by atoms with Crippen LogP contribution >= 0.6 is 15.9 Å². The van der Waals surface area contributed by atoms with Crippen LogP contribution in [0.3, 0.4) is 0 Å². The number of hydrogen-bond acceptors (Lipinski definition) is 3. The Morgan fingerprint density at radius 3 is 3.17 bits per heavy atom. The Morgan fingerprint density at radius 1 is 1.58 bits per heavy atom. The number of nitrogens with zero attached hydrogens (tertiary/aromatic N) is 3. The Morgan fingerprint density at radius 2 is 2.42 bits per heavy atom. The summed E-state index contributed by atoms with van der Waals surface area (Å²) in [5, 5.41) is 12.8. The highest BCUT2D eigenvalue weighted by atomic mass is 79.9. The summed E-state index contributed by atoms with van der Waals surface area (Å²) in [6.07, 6.45) is 1.78. The molecule has 2 rings (SSSR count). The molecule has 0 aliphatic carbocycles. The van der Waals surface area contributed by atoms with Gasteiger partial charge in [0.2, 0.25) is 0 Å². The van der Waals surface area contributed by atoms with Gasteiger partial charge in [0.1, 0.15) is 6.61 Å². The van der Waals surface area contributed by atoms with E-state index in [4.69, 9.17) is 5.11 Å². The number of halogens is 1. The summed E-state index contributed by atoms with van der Waals surface area (Å²) in [7, 11) is 0. The van der Waals surface area contributed by atoms with Gasteiger partial charge in [0.05, 0.1) is 0 Å². The molecule has 5 heteroatoms. The summed E-state index contributed by atoms with van der Waals surface area (Å²) in [5.74, 6) is 0.438. The van der Waals surface area contributed by atoms with E-state index >= 15 is 0 Å². The summed E-state index contributed by atoms with van der Waals surface area (Å²) < 4.78 is 2.57. The molecule has 0 aliphatic heterocycles. The number of fused-ring (bicyclic) bond motifs is 1. The third-order valence-corrected chi connectivity index (χ3v) is 1.98. The largest absolute Gasteiger partial charge is 0.388 e. The number of aliphatic hydroxyl groups excluding tert-OH is 1. The molecular weight excluding hydrogens is 222 g/mol. The first kappa shape index (κ1) is 7.70. The lowest BCUT2D eigenvalue weighted by molar-refractivity contribution is 0.271. The summed E-state index contributed by atoms with van der Waals surface area (Å²) in [6, 6.07) is 3.70. The number of aromatic nitrogens is 3. The molecule has 0 atom stereocenters.